The molecule has 0 amide bonds. The molecule has 1 aromatic rings. The van der Waals surface area contributed by atoms with Crippen LogP contribution < -0.4 is 4.90 Å². The zero-order valence-corrected chi connectivity index (χ0v) is 17.5. The molecule has 11 heteroatoms. The summed E-state index contributed by atoms with van der Waals surface area (Å²) >= 11 is 5.17. The lowest BCUT2D eigenvalue weighted by molar-refractivity contribution is -0.277. The van der Waals surface area contributed by atoms with E-state index in [1.807, 2.05) is 4.90 Å². The molecule has 0 spiro atoms. The van der Waals surface area contributed by atoms with Crippen LogP contribution in [0.2, 0.25) is 0 Å². The fraction of sp³-hybridized carbons (Fsp3) is 0.421. The molecule has 0 saturated carbocycles. The number of alkyl halides is 3. The first-order chi connectivity index (χ1) is 14.0. The van der Waals surface area contributed by atoms with Gasteiger partial charge in [-0.05, 0) is 23.8 Å². The lowest BCUT2D eigenvalue weighted by atomic mass is 9.94. The molecule has 1 aliphatic heterocycles. The molecular formula is C19H21F3N2O4S2. The highest BCUT2D eigenvalue weighted by atomic mass is 32.2. The van der Waals surface area contributed by atoms with Gasteiger partial charge in [0.05, 0.1) is 11.5 Å². The van der Waals surface area contributed by atoms with E-state index in [0.717, 1.165) is 12.1 Å². The van der Waals surface area contributed by atoms with Crippen molar-refractivity contribution in [2.45, 2.75) is 18.2 Å². The van der Waals surface area contributed by atoms with Crippen molar-refractivity contribution in [3.63, 3.8) is 0 Å². The number of nitrogens with zero attached hydrogens (tertiary/aromatic N) is 2. The van der Waals surface area contributed by atoms with Crippen molar-refractivity contribution in [3.05, 3.63) is 53.0 Å². The predicted molar refractivity (Wildman–Crippen MR) is 111 cm³/mol. The van der Waals surface area contributed by atoms with E-state index in [0.29, 0.717) is 30.1 Å². The van der Waals surface area contributed by atoms with Gasteiger partial charge in [-0.3, -0.25) is 0 Å². The number of benzene rings is 1. The Bertz CT molecular complexity index is 966. The van der Waals surface area contributed by atoms with Crippen LogP contribution in [0.1, 0.15) is 12.0 Å². The molecule has 3 rings (SSSR count). The summed E-state index contributed by atoms with van der Waals surface area (Å²) in [5.74, 6) is 0. The summed E-state index contributed by atoms with van der Waals surface area (Å²) in [7, 11) is -3.70. The first kappa shape index (κ1) is 22.9. The number of hydrogen-bond donors (Lipinski definition) is 2. The molecule has 2 aliphatic rings. The summed E-state index contributed by atoms with van der Waals surface area (Å²) in [5.41, 5.74) is -3.21. The molecule has 1 aromatic carbocycles. The summed E-state index contributed by atoms with van der Waals surface area (Å²) < 4.78 is 66.3. The van der Waals surface area contributed by atoms with Crippen LogP contribution in [-0.2, 0) is 15.6 Å². The van der Waals surface area contributed by atoms with E-state index in [4.69, 9.17) is 17.3 Å². The molecule has 1 unspecified atom stereocenters. The number of piperazine rings is 1. The number of allylic oxidation sites excluding steroid dienone is 4. The SMILES string of the molecule is O=S(=O)(C1=CC=CCC1=S)N1CCN(c2ccc(C(O)(CO)C(F)(F)F)cc2)CC1. The highest BCUT2D eigenvalue weighted by Gasteiger charge is 2.54. The maximum Gasteiger partial charge on any atom is 0.423 e. The Morgan fingerprint density at radius 3 is 2.17 bits per heavy atom. The van der Waals surface area contributed by atoms with Crippen molar-refractivity contribution in [1.82, 2.24) is 4.31 Å². The minimum absolute atomic E-state index is 0.133. The molecule has 2 N–H and O–H groups in total. The molecular weight excluding hydrogens is 441 g/mol. The Morgan fingerprint density at radius 2 is 1.67 bits per heavy atom. The van der Waals surface area contributed by atoms with Crippen molar-refractivity contribution in [3.8, 4) is 0 Å². The van der Waals surface area contributed by atoms with E-state index < -0.39 is 34.0 Å². The molecule has 164 valence electrons. The molecule has 0 bridgehead atoms. The lowest BCUT2D eigenvalue weighted by Crippen LogP contribution is -2.49. The van der Waals surface area contributed by atoms with Gasteiger partial charge in [0.25, 0.3) is 0 Å². The van der Waals surface area contributed by atoms with Crippen LogP contribution >= 0.6 is 12.2 Å². The fourth-order valence-electron chi connectivity index (χ4n) is 3.37. The molecule has 6 nitrogen and oxygen atoms in total. The van der Waals surface area contributed by atoms with Gasteiger partial charge < -0.3 is 15.1 Å². The third kappa shape index (κ3) is 4.17. The summed E-state index contributed by atoms with van der Waals surface area (Å²) in [4.78, 5) is 2.35. The largest absolute Gasteiger partial charge is 0.423 e. The van der Waals surface area contributed by atoms with Crippen molar-refractivity contribution in [2.75, 3.05) is 37.7 Å². The quantitative estimate of drug-likeness (QED) is 0.653. The average Bonchev–Trinajstić information content (AvgIpc) is 2.72. The molecule has 0 aromatic heterocycles. The second-order valence-electron chi connectivity index (χ2n) is 7.04. The van der Waals surface area contributed by atoms with Gasteiger partial charge >= 0.3 is 6.18 Å². The summed E-state index contributed by atoms with van der Waals surface area (Å²) in [6.07, 6.45) is 0.335. The minimum Gasteiger partial charge on any atom is -0.393 e. The first-order valence-electron chi connectivity index (χ1n) is 9.16. The van der Waals surface area contributed by atoms with E-state index in [1.54, 1.807) is 12.2 Å². The van der Waals surface area contributed by atoms with E-state index in [9.17, 15) is 26.7 Å². The van der Waals surface area contributed by atoms with Gasteiger partial charge in [-0.15, -0.1) is 0 Å². The molecule has 1 atom stereocenters. The summed E-state index contributed by atoms with van der Waals surface area (Å²) in [6.45, 7) is -0.386. The van der Waals surface area contributed by atoms with Crippen LogP contribution in [0, 0.1) is 0 Å². The highest BCUT2D eigenvalue weighted by molar-refractivity contribution is 7.96. The number of sulfonamides is 1. The number of rotatable bonds is 5. The maximum absolute atomic E-state index is 13.1. The summed E-state index contributed by atoms with van der Waals surface area (Å²) in [5, 5.41) is 18.9. The normalized spacial score (nSPS) is 20.8. The van der Waals surface area contributed by atoms with Crippen molar-refractivity contribution in [1.29, 1.82) is 0 Å². The monoisotopic (exact) mass is 462 g/mol. The third-order valence-electron chi connectivity index (χ3n) is 5.23. The second-order valence-corrected chi connectivity index (χ2v) is 9.44. The van der Waals surface area contributed by atoms with Crippen LogP contribution in [0.15, 0.2) is 47.4 Å². The zero-order chi connectivity index (χ0) is 22.2. The van der Waals surface area contributed by atoms with E-state index >= 15 is 0 Å². The molecule has 30 heavy (non-hydrogen) atoms. The number of anilines is 1. The van der Waals surface area contributed by atoms with Gasteiger partial charge in [0.15, 0.2) is 0 Å². The van der Waals surface area contributed by atoms with E-state index in [2.05, 4.69) is 0 Å². The molecule has 1 fully saturated rings. The Morgan fingerprint density at radius 1 is 1.07 bits per heavy atom. The second kappa shape index (κ2) is 8.39. The zero-order valence-electron chi connectivity index (χ0n) is 15.8. The van der Waals surface area contributed by atoms with Gasteiger partial charge in [-0.2, -0.15) is 17.5 Å². The average molecular weight is 463 g/mol. The molecule has 1 aliphatic carbocycles. The van der Waals surface area contributed by atoms with Crippen LogP contribution in [0.25, 0.3) is 0 Å². The number of thiocarbonyl (C=S) groups is 1. The van der Waals surface area contributed by atoms with E-state index in [-0.39, 0.29) is 18.0 Å². The van der Waals surface area contributed by atoms with Crippen LogP contribution in [0.3, 0.4) is 0 Å². The minimum atomic E-state index is -5.02. The van der Waals surface area contributed by atoms with Crippen molar-refractivity contribution in [2.24, 2.45) is 0 Å². The standard InChI is InChI=1S/C19H21F3N2O4S2/c20-19(21,22)18(26,13-25)14-5-7-15(8-6-14)23-9-11-24(12-10-23)30(27,28)17-4-2-1-3-16(17)29/h1-2,4-8,25-26H,3,9-13H2. The van der Waals surface area contributed by atoms with Crippen LogP contribution in [-0.4, -0.2) is 66.8 Å². The first-order valence-corrected chi connectivity index (χ1v) is 11.0. The van der Waals surface area contributed by atoms with Gasteiger partial charge in [-0.1, -0.05) is 36.5 Å². The lowest BCUT2D eigenvalue weighted by Gasteiger charge is -2.36. The van der Waals surface area contributed by atoms with E-state index in [1.165, 1.54) is 22.5 Å². The van der Waals surface area contributed by atoms with Crippen LogP contribution in [0.5, 0.6) is 0 Å². The highest BCUT2D eigenvalue weighted by Crippen LogP contribution is 2.39. The van der Waals surface area contributed by atoms with Crippen molar-refractivity contribution < 1.29 is 31.8 Å². The Balaban J connectivity index is 1.71. The summed E-state index contributed by atoms with van der Waals surface area (Å²) in [6, 6.07) is 5.05. The molecule has 1 saturated heterocycles. The number of halogens is 3. The fourth-order valence-corrected chi connectivity index (χ4v) is 5.40. The Kier molecular flexibility index (Phi) is 6.40. The van der Waals surface area contributed by atoms with Gasteiger partial charge in [0, 0.05) is 43.2 Å². The van der Waals surface area contributed by atoms with Gasteiger partial charge in [0.1, 0.15) is 0 Å². The number of aliphatic hydroxyl groups excluding tert-OH is 1. The molecule has 1 heterocycles. The Hall–Kier alpha value is -1.79. The smallest absolute Gasteiger partial charge is 0.393 e. The number of aliphatic hydroxyl groups is 2. The third-order valence-corrected chi connectivity index (χ3v) is 7.73. The maximum atomic E-state index is 13.1. The van der Waals surface area contributed by atoms with Crippen LogP contribution in [0.4, 0.5) is 18.9 Å². The van der Waals surface area contributed by atoms with Gasteiger partial charge in [0.2, 0.25) is 15.6 Å². The number of hydrogen-bond acceptors (Lipinski definition) is 6. The topological polar surface area (TPSA) is 81.1 Å². The predicted octanol–water partition coefficient (Wildman–Crippen LogP) is 2.09. The molecule has 0 radical (unpaired) electrons. The Labute approximate surface area is 178 Å². The van der Waals surface area contributed by atoms with Gasteiger partial charge in [-0.25, -0.2) is 8.42 Å². The van der Waals surface area contributed by atoms with Crippen molar-refractivity contribution >= 4 is 32.8 Å².